The molecular weight excluding hydrogens is 332 g/mol. The van der Waals surface area contributed by atoms with Gasteiger partial charge in [-0.2, -0.15) is 0 Å². The summed E-state index contributed by atoms with van der Waals surface area (Å²) in [6, 6.07) is 9.14. The van der Waals surface area contributed by atoms with Crippen LogP contribution in [0.1, 0.15) is 31.6 Å². The lowest BCUT2D eigenvalue weighted by Gasteiger charge is -2.16. The number of likely N-dealkylation sites (tertiary alicyclic amines) is 1. The van der Waals surface area contributed by atoms with Crippen LogP contribution in [0.25, 0.3) is 11.0 Å². The second-order valence-corrected chi connectivity index (χ2v) is 6.89. The Morgan fingerprint density at radius 3 is 2.50 bits per heavy atom. The molecule has 1 aromatic carbocycles. The molecule has 0 bridgehead atoms. The molecule has 6 nitrogen and oxygen atoms in total. The SMILES string of the molecule is C[C@@H](NC(=O)CN1C(=O)[C@H]2CC=CC[C@H]2C1=O)c1cc2ccccc2o1. The topological polar surface area (TPSA) is 79.6 Å². The summed E-state index contributed by atoms with van der Waals surface area (Å²) in [5.74, 6) is -0.837. The molecule has 0 radical (unpaired) electrons. The zero-order chi connectivity index (χ0) is 18.3. The third-order valence-electron chi connectivity index (χ3n) is 5.15. The van der Waals surface area contributed by atoms with Crippen LogP contribution in [0.3, 0.4) is 0 Å². The van der Waals surface area contributed by atoms with Gasteiger partial charge in [0, 0.05) is 5.39 Å². The molecule has 0 unspecified atom stereocenters. The average molecular weight is 352 g/mol. The molecule has 0 saturated carbocycles. The fraction of sp³-hybridized carbons (Fsp3) is 0.350. The number of rotatable bonds is 4. The van der Waals surface area contributed by atoms with Gasteiger partial charge in [0.2, 0.25) is 17.7 Å². The van der Waals surface area contributed by atoms with Gasteiger partial charge in [-0.05, 0) is 31.9 Å². The molecule has 1 saturated heterocycles. The minimum Gasteiger partial charge on any atom is -0.459 e. The van der Waals surface area contributed by atoms with E-state index in [4.69, 9.17) is 4.42 Å². The number of nitrogens with one attached hydrogen (secondary N) is 1. The van der Waals surface area contributed by atoms with Crippen LogP contribution in [-0.2, 0) is 14.4 Å². The third-order valence-corrected chi connectivity index (χ3v) is 5.15. The number of imide groups is 1. The molecule has 3 atom stereocenters. The molecule has 6 heteroatoms. The number of hydrogen-bond acceptors (Lipinski definition) is 4. The van der Waals surface area contributed by atoms with E-state index in [1.165, 1.54) is 0 Å². The summed E-state index contributed by atoms with van der Waals surface area (Å²) in [5.41, 5.74) is 0.755. The minimum atomic E-state index is -0.369. The van der Waals surface area contributed by atoms with Crippen LogP contribution in [0.2, 0.25) is 0 Å². The molecule has 3 amide bonds. The highest BCUT2D eigenvalue weighted by Gasteiger charge is 2.47. The quantitative estimate of drug-likeness (QED) is 0.677. The van der Waals surface area contributed by atoms with E-state index in [1.807, 2.05) is 49.4 Å². The smallest absolute Gasteiger partial charge is 0.240 e. The van der Waals surface area contributed by atoms with Crippen LogP contribution >= 0.6 is 0 Å². The third kappa shape index (κ3) is 2.81. The number of carbonyl (C=O) groups is 3. The molecule has 4 rings (SSSR count). The van der Waals surface area contributed by atoms with Crippen molar-refractivity contribution in [2.75, 3.05) is 6.54 Å². The Labute approximate surface area is 150 Å². The van der Waals surface area contributed by atoms with Crippen LogP contribution in [0.4, 0.5) is 0 Å². The van der Waals surface area contributed by atoms with Gasteiger partial charge in [-0.3, -0.25) is 19.3 Å². The monoisotopic (exact) mass is 352 g/mol. The van der Waals surface area contributed by atoms with Crippen molar-refractivity contribution in [3.8, 4) is 0 Å². The van der Waals surface area contributed by atoms with E-state index in [0.29, 0.717) is 18.6 Å². The zero-order valence-corrected chi connectivity index (χ0v) is 14.5. The molecule has 1 aliphatic carbocycles. The molecule has 2 aromatic rings. The molecule has 1 N–H and O–H groups in total. The standard InChI is InChI=1S/C20H20N2O4/c1-12(17-10-13-6-2-5-9-16(13)26-17)21-18(23)11-22-19(24)14-7-3-4-8-15(14)20(22)25/h2-6,9-10,12,14-15H,7-8,11H2,1H3,(H,21,23)/t12-,14-,15+/m1/s1. The first-order valence-electron chi connectivity index (χ1n) is 8.82. The molecule has 134 valence electrons. The second kappa shape index (κ2) is 6.44. The first-order valence-corrected chi connectivity index (χ1v) is 8.82. The molecule has 2 aliphatic rings. The predicted molar refractivity (Wildman–Crippen MR) is 94.8 cm³/mol. The van der Waals surface area contributed by atoms with Gasteiger partial charge in [-0.25, -0.2) is 0 Å². The van der Waals surface area contributed by atoms with Gasteiger partial charge in [-0.15, -0.1) is 0 Å². The number of fused-ring (bicyclic) bond motifs is 2. The summed E-state index contributed by atoms with van der Waals surface area (Å²) in [5, 5.41) is 3.78. The Kier molecular flexibility index (Phi) is 4.11. The van der Waals surface area contributed by atoms with E-state index in [1.54, 1.807) is 0 Å². The highest BCUT2D eigenvalue weighted by atomic mass is 16.3. The van der Waals surface area contributed by atoms with Crippen molar-refractivity contribution in [1.82, 2.24) is 10.2 Å². The molecule has 2 heterocycles. The van der Waals surface area contributed by atoms with Crippen molar-refractivity contribution in [3.05, 3.63) is 48.2 Å². The fourth-order valence-electron chi connectivity index (χ4n) is 3.74. The van der Waals surface area contributed by atoms with Crippen LogP contribution in [0.5, 0.6) is 0 Å². The Bertz CT molecular complexity index is 854. The lowest BCUT2D eigenvalue weighted by atomic mass is 9.85. The molecule has 1 aliphatic heterocycles. The van der Waals surface area contributed by atoms with Crippen molar-refractivity contribution in [2.24, 2.45) is 11.8 Å². The van der Waals surface area contributed by atoms with E-state index in [0.717, 1.165) is 15.9 Å². The number of amides is 3. The summed E-state index contributed by atoms with van der Waals surface area (Å²) in [4.78, 5) is 38.3. The molecule has 26 heavy (non-hydrogen) atoms. The number of hydrogen-bond donors (Lipinski definition) is 1. The molecule has 1 aromatic heterocycles. The second-order valence-electron chi connectivity index (χ2n) is 6.89. The lowest BCUT2D eigenvalue weighted by Crippen LogP contribution is -2.41. The van der Waals surface area contributed by atoms with Crippen molar-refractivity contribution in [3.63, 3.8) is 0 Å². The van der Waals surface area contributed by atoms with Crippen molar-refractivity contribution < 1.29 is 18.8 Å². The van der Waals surface area contributed by atoms with Gasteiger partial charge in [0.15, 0.2) is 0 Å². The number of para-hydroxylation sites is 1. The van der Waals surface area contributed by atoms with Gasteiger partial charge < -0.3 is 9.73 Å². The molecular formula is C20H20N2O4. The number of carbonyl (C=O) groups excluding carboxylic acids is 3. The Morgan fingerprint density at radius 2 is 1.85 bits per heavy atom. The number of nitrogens with zero attached hydrogens (tertiary/aromatic N) is 1. The Balaban J connectivity index is 1.42. The number of furan rings is 1. The predicted octanol–water partition coefficient (Wildman–Crippen LogP) is 2.56. The largest absolute Gasteiger partial charge is 0.459 e. The van der Waals surface area contributed by atoms with Gasteiger partial charge in [0.1, 0.15) is 17.9 Å². The Hall–Kier alpha value is -2.89. The van der Waals surface area contributed by atoms with Gasteiger partial charge in [0.05, 0.1) is 17.9 Å². The summed E-state index contributed by atoms with van der Waals surface area (Å²) in [6.07, 6.45) is 5.00. The van der Waals surface area contributed by atoms with Gasteiger partial charge in [-0.1, -0.05) is 30.4 Å². The van der Waals surface area contributed by atoms with Crippen LogP contribution in [0, 0.1) is 11.8 Å². The first kappa shape index (κ1) is 16.6. The van der Waals surface area contributed by atoms with Crippen LogP contribution < -0.4 is 5.32 Å². The van der Waals surface area contributed by atoms with Crippen molar-refractivity contribution >= 4 is 28.7 Å². The maximum atomic E-state index is 12.4. The molecule has 1 fully saturated rings. The Morgan fingerprint density at radius 1 is 1.19 bits per heavy atom. The van der Waals surface area contributed by atoms with E-state index in [2.05, 4.69) is 5.32 Å². The van der Waals surface area contributed by atoms with E-state index in [-0.39, 0.29) is 42.1 Å². The zero-order valence-electron chi connectivity index (χ0n) is 14.5. The average Bonchev–Trinajstić information content (AvgIpc) is 3.18. The molecule has 0 spiro atoms. The highest BCUT2D eigenvalue weighted by Crippen LogP contribution is 2.34. The summed E-state index contributed by atoms with van der Waals surface area (Å²) >= 11 is 0. The summed E-state index contributed by atoms with van der Waals surface area (Å²) < 4.78 is 5.75. The maximum absolute atomic E-state index is 12.4. The highest BCUT2D eigenvalue weighted by molar-refractivity contribution is 6.07. The van der Waals surface area contributed by atoms with Gasteiger partial charge in [0.25, 0.3) is 0 Å². The number of allylic oxidation sites excluding steroid dienone is 2. The fourth-order valence-corrected chi connectivity index (χ4v) is 3.74. The number of benzene rings is 1. The van der Waals surface area contributed by atoms with Crippen molar-refractivity contribution in [2.45, 2.75) is 25.8 Å². The lowest BCUT2D eigenvalue weighted by molar-refractivity contribution is -0.143. The summed E-state index contributed by atoms with van der Waals surface area (Å²) in [6.45, 7) is 1.57. The van der Waals surface area contributed by atoms with Crippen LogP contribution in [-0.4, -0.2) is 29.2 Å². The first-order chi connectivity index (χ1) is 12.5. The minimum absolute atomic E-state index is 0.240. The normalized spacial score (nSPS) is 23.3. The summed E-state index contributed by atoms with van der Waals surface area (Å²) in [7, 11) is 0. The van der Waals surface area contributed by atoms with Gasteiger partial charge >= 0.3 is 0 Å². The van der Waals surface area contributed by atoms with E-state index >= 15 is 0 Å². The van der Waals surface area contributed by atoms with Crippen molar-refractivity contribution in [1.29, 1.82) is 0 Å². The van der Waals surface area contributed by atoms with E-state index < -0.39 is 0 Å². The maximum Gasteiger partial charge on any atom is 0.240 e. The van der Waals surface area contributed by atoms with Crippen LogP contribution in [0.15, 0.2) is 46.9 Å². The van der Waals surface area contributed by atoms with E-state index in [9.17, 15) is 14.4 Å².